The summed E-state index contributed by atoms with van der Waals surface area (Å²) in [7, 11) is 3.00. The van der Waals surface area contributed by atoms with E-state index < -0.39 is 0 Å². The highest BCUT2D eigenvalue weighted by molar-refractivity contribution is 5.41. The second-order valence-corrected chi connectivity index (χ2v) is 4.16. The van der Waals surface area contributed by atoms with Gasteiger partial charge in [0, 0.05) is 31.3 Å². The van der Waals surface area contributed by atoms with Gasteiger partial charge in [0.2, 0.25) is 0 Å². The van der Waals surface area contributed by atoms with Crippen LogP contribution >= 0.6 is 0 Å². The van der Waals surface area contributed by atoms with Crippen molar-refractivity contribution in [1.29, 1.82) is 0 Å². The zero-order chi connectivity index (χ0) is 13.0. The highest BCUT2D eigenvalue weighted by atomic mass is 19.1. The number of halogens is 1. The molecular formula is C13H18FNO3. The number of ether oxygens (including phenoxy) is 3. The van der Waals surface area contributed by atoms with Crippen LogP contribution in [0.4, 0.5) is 4.39 Å². The van der Waals surface area contributed by atoms with Gasteiger partial charge in [-0.15, -0.1) is 0 Å². The SMILES string of the molecule is COCc1ccc(C2CNCCO2)c(OC)c1F. The van der Waals surface area contributed by atoms with Crippen molar-refractivity contribution in [1.82, 2.24) is 5.32 Å². The number of methoxy groups -OCH3 is 2. The van der Waals surface area contributed by atoms with Gasteiger partial charge in [-0.25, -0.2) is 4.39 Å². The predicted octanol–water partition coefficient (Wildman–Crippen LogP) is 1.64. The first-order chi connectivity index (χ1) is 8.77. The Kier molecular flexibility index (Phi) is 4.52. The van der Waals surface area contributed by atoms with Gasteiger partial charge in [0.15, 0.2) is 11.6 Å². The van der Waals surface area contributed by atoms with Crippen LogP contribution < -0.4 is 10.1 Å². The molecule has 0 aromatic heterocycles. The Balaban J connectivity index is 2.32. The van der Waals surface area contributed by atoms with E-state index in [4.69, 9.17) is 14.2 Å². The van der Waals surface area contributed by atoms with Crippen molar-refractivity contribution in [2.45, 2.75) is 12.7 Å². The maximum atomic E-state index is 14.2. The molecule has 18 heavy (non-hydrogen) atoms. The van der Waals surface area contributed by atoms with Crippen LogP contribution in [-0.4, -0.2) is 33.9 Å². The number of benzene rings is 1. The topological polar surface area (TPSA) is 39.7 Å². The fourth-order valence-electron chi connectivity index (χ4n) is 2.10. The molecule has 0 radical (unpaired) electrons. The molecule has 1 aliphatic heterocycles. The summed E-state index contributed by atoms with van der Waals surface area (Å²) in [5, 5.41) is 3.22. The summed E-state index contributed by atoms with van der Waals surface area (Å²) in [5.74, 6) is -0.121. The van der Waals surface area contributed by atoms with Gasteiger partial charge in [-0.3, -0.25) is 0 Å². The minimum atomic E-state index is -0.369. The van der Waals surface area contributed by atoms with Crippen LogP contribution in [-0.2, 0) is 16.1 Å². The molecule has 2 rings (SSSR count). The monoisotopic (exact) mass is 255 g/mol. The van der Waals surface area contributed by atoms with E-state index in [9.17, 15) is 4.39 Å². The summed E-state index contributed by atoms with van der Waals surface area (Å²) in [6.07, 6.45) is -0.167. The van der Waals surface area contributed by atoms with Crippen LogP contribution in [0.3, 0.4) is 0 Å². The van der Waals surface area contributed by atoms with Crippen molar-refractivity contribution in [2.24, 2.45) is 0 Å². The Morgan fingerprint density at radius 3 is 2.89 bits per heavy atom. The largest absolute Gasteiger partial charge is 0.493 e. The molecule has 1 aliphatic rings. The Labute approximate surface area is 106 Å². The average Bonchev–Trinajstić information content (AvgIpc) is 2.42. The molecule has 1 heterocycles. The molecule has 1 aromatic carbocycles. The molecule has 100 valence electrons. The molecule has 1 atom stereocenters. The van der Waals surface area contributed by atoms with E-state index in [2.05, 4.69) is 5.32 Å². The third-order valence-electron chi connectivity index (χ3n) is 2.99. The number of hydrogen-bond acceptors (Lipinski definition) is 4. The number of hydrogen-bond donors (Lipinski definition) is 1. The second-order valence-electron chi connectivity index (χ2n) is 4.16. The van der Waals surface area contributed by atoms with Crippen LogP contribution in [0.5, 0.6) is 5.75 Å². The van der Waals surface area contributed by atoms with Crippen molar-refractivity contribution in [3.05, 3.63) is 29.1 Å². The molecule has 1 aromatic rings. The molecule has 0 spiro atoms. The Morgan fingerprint density at radius 2 is 2.28 bits per heavy atom. The molecule has 0 aliphatic carbocycles. The van der Waals surface area contributed by atoms with Gasteiger partial charge in [-0.2, -0.15) is 0 Å². The molecule has 5 heteroatoms. The lowest BCUT2D eigenvalue weighted by Gasteiger charge is -2.25. The van der Waals surface area contributed by atoms with Crippen LogP contribution in [0, 0.1) is 5.82 Å². The van der Waals surface area contributed by atoms with Crippen LogP contribution in [0.15, 0.2) is 12.1 Å². The van der Waals surface area contributed by atoms with Gasteiger partial charge >= 0.3 is 0 Å². The standard InChI is InChI=1S/C13H18FNO3/c1-16-8-9-3-4-10(13(17-2)12(9)14)11-7-15-5-6-18-11/h3-4,11,15H,5-8H2,1-2H3. The number of morpholine rings is 1. The molecular weight excluding hydrogens is 237 g/mol. The summed E-state index contributed by atoms with van der Waals surface area (Å²) >= 11 is 0. The third kappa shape index (κ3) is 2.63. The maximum Gasteiger partial charge on any atom is 0.170 e. The summed E-state index contributed by atoms with van der Waals surface area (Å²) in [4.78, 5) is 0. The van der Waals surface area contributed by atoms with E-state index in [0.29, 0.717) is 18.7 Å². The molecule has 0 bridgehead atoms. The zero-order valence-electron chi connectivity index (χ0n) is 10.7. The molecule has 1 N–H and O–H groups in total. The van der Waals surface area contributed by atoms with E-state index in [0.717, 1.165) is 12.1 Å². The minimum Gasteiger partial charge on any atom is -0.493 e. The minimum absolute atomic E-state index is 0.167. The van der Waals surface area contributed by atoms with Gasteiger partial charge in [0.1, 0.15) is 0 Å². The molecule has 0 saturated carbocycles. The van der Waals surface area contributed by atoms with Crippen molar-refractivity contribution < 1.29 is 18.6 Å². The first-order valence-corrected chi connectivity index (χ1v) is 5.94. The fourth-order valence-corrected chi connectivity index (χ4v) is 2.10. The number of rotatable bonds is 4. The third-order valence-corrected chi connectivity index (χ3v) is 2.99. The van der Waals surface area contributed by atoms with Crippen LogP contribution in [0.1, 0.15) is 17.2 Å². The molecule has 1 saturated heterocycles. The second kappa shape index (κ2) is 6.13. The van der Waals surface area contributed by atoms with Gasteiger partial charge in [0.25, 0.3) is 0 Å². The molecule has 4 nitrogen and oxygen atoms in total. The zero-order valence-corrected chi connectivity index (χ0v) is 10.7. The molecule has 0 amide bonds. The van der Waals surface area contributed by atoms with E-state index in [1.54, 1.807) is 6.07 Å². The van der Waals surface area contributed by atoms with Crippen LogP contribution in [0.25, 0.3) is 0 Å². The first-order valence-electron chi connectivity index (χ1n) is 5.94. The fraction of sp³-hybridized carbons (Fsp3) is 0.538. The number of nitrogens with one attached hydrogen (secondary N) is 1. The lowest BCUT2D eigenvalue weighted by atomic mass is 10.0. The van der Waals surface area contributed by atoms with Gasteiger partial charge in [-0.05, 0) is 0 Å². The van der Waals surface area contributed by atoms with Crippen molar-refractivity contribution in [2.75, 3.05) is 33.9 Å². The van der Waals surface area contributed by atoms with Crippen molar-refractivity contribution >= 4 is 0 Å². The lowest BCUT2D eigenvalue weighted by Crippen LogP contribution is -2.33. The van der Waals surface area contributed by atoms with Gasteiger partial charge < -0.3 is 19.5 Å². The maximum absolute atomic E-state index is 14.2. The summed E-state index contributed by atoms with van der Waals surface area (Å²) in [5.41, 5.74) is 1.23. The van der Waals surface area contributed by atoms with Gasteiger partial charge in [0.05, 0.1) is 26.4 Å². The van der Waals surface area contributed by atoms with E-state index in [1.807, 2.05) is 6.07 Å². The Hall–Kier alpha value is -1.17. The lowest BCUT2D eigenvalue weighted by molar-refractivity contribution is 0.0259. The van der Waals surface area contributed by atoms with E-state index in [-0.39, 0.29) is 24.3 Å². The van der Waals surface area contributed by atoms with Crippen molar-refractivity contribution in [3.8, 4) is 5.75 Å². The van der Waals surface area contributed by atoms with E-state index >= 15 is 0 Å². The highest BCUT2D eigenvalue weighted by Crippen LogP contribution is 2.32. The smallest absolute Gasteiger partial charge is 0.170 e. The highest BCUT2D eigenvalue weighted by Gasteiger charge is 2.23. The Morgan fingerprint density at radius 1 is 1.44 bits per heavy atom. The first kappa shape index (κ1) is 13.3. The Bertz CT molecular complexity index is 405. The summed E-state index contributed by atoms with van der Waals surface area (Å²) in [6.45, 7) is 2.34. The average molecular weight is 255 g/mol. The normalized spacial score (nSPS) is 19.8. The quantitative estimate of drug-likeness (QED) is 0.888. The van der Waals surface area contributed by atoms with E-state index in [1.165, 1.54) is 14.2 Å². The van der Waals surface area contributed by atoms with Gasteiger partial charge in [-0.1, -0.05) is 12.1 Å². The molecule has 1 fully saturated rings. The van der Waals surface area contributed by atoms with Crippen molar-refractivity contribution in [3.63, 3.8) is 0 Å². The molecule has 1 unspecified atom stereocenters. The summed E-state index contributed by atoms with van der Waals surface area (Å²) in [6, 6.07) is 3.56. The summed E-state index contributed by atoms with van der Waals surface area (Å²) < 4.78 is 29.9. The van der Waals surface area contributed by atoms with Crippen LogP contribution in [0.2, 0.25) is 0 Å². The predicted molar refractivity (Wildman–Crippen MR) is 65.2 cm³/mol.